The molecule has 0 aliphatic heterocycles. The van der Waals surface area contributed by atoms with Crippen LogP contribution in [0.4, 0.5) is 0 Å². The van der Waals surface area contributed by atoms with Crippen molar-refractivity contribution in [1.82, 2.24) is 9.97 Å². The second-order valence-corrected chi connectivity index (χ2v) is 4.73. The van der Waals surface area contributed by atoms with Gasteiger partial charge in [0.2, 0.25) is 0 Å². The minimum absolute atomic E-state index is 0.325. The van der Waals surface area contributed by atoms with E-state index in [0.29, 0.717) is 17.7 Å². The molecule has 1 heterocycles. The molecule has 0 amide bonds. The van der Waals surface area contributed by atoms with Crippen LogP contribution in [0.2, 0.25) is 0 Å². The molecular formula is C12H11BrN2O2. The number of aromatic amines is 2. The second-order valence-electron chi connectivity index (χ2n) is 3.82. The fraction of sp³-hybridized carbons (Fsp3) is 0.167. The Morgan fingerprint density at radius 3 is 2.35 bits per heavy atom. The van der Waals surface area contributed by atoms with Gasteiger partial charge in [-0.2, -0.15) is 0 Å². The van der Waals surface area contributed by atoms with E-state index in [4.69, 9.17) is 0 Å². The molecule has 88 valence electrons. The van der Waals surface area contributed by atoms with Gasteiger partial charge in [-0.25, -0.2) is 4.79 Å². The SMILES string of the molecule is Cc1[nH]c(=O)[nH]c(=O)c1Cc1ccc(Br)cc1. The Hall–Kier alpha value is -1.62. The zero-order valence-electron chi connectivity index (χ0n) is 9.21. The van der Waals surface area contributed by atoms with Crippen molar-refractivity contribution in [2.24, 2.45) is 0 Å². The summed E-state index contributed by atoms with van der Waals surface area (Å²) in [6.07, 6.45) is 0.505. The third kappa shape index (κ3) is 2.74. The van der Waals surface area contributed by atoms with Crippen molar-refractivity contribution in [2.45, 2.75) is 13.3 Å². The average molecular weight is 295 g/mol. The van der Waals surface area contributed by atoms with E-state index in [2.05, 4.69) is 25.9 Å². The van der Waals surface area contributed by atoms with Crippen LogP contribution in [0, 0.1) is 6.92 Å². The Kier molecular flexibility index (Phi) is 3.28. The summed E-state index contributed by atoms with van der Waals surface area (Å²) in [6, 6.07) is 7.72. The zero-order chi connectivity index (χ0) is 12.4. The Labute approximate surface area is 106 Å². The summed E-state index contributed by atoms with van der Waals surface area (Å²) in [5, 5.41) is 0. The number of H-pyrrole nitrogens is 2. The van der Waals surface area contributed by atoms with Gasteiger partial charge in [-0.15, -0.1) is 0 Å². The molecule has 0 fully saturated rings. The number of hydrogen-bond donors (Lipinski definition) is 2. The highest BCUT2D eigenvalue weighted by Gasteiger charge is 2.06. The van der Waals surface area contributed by atoms with E-state index in [0.717, 1.165) is 10.0 Å². The van der Waals surface area contributed by atoms with E-state index in [9.17, 15) is 9.59 Å². The highest BCUT2D eigenvalue weighted by atomic mass is 79.9. The number of rotatable bonds is 2. The molecule has 0 unspecified atom stereocenters. The van der Waals surface area contributed by atoms with Gasteiger partial charge in [0.25, 0.3) is 5.56 Å². The third-order valence-electron chi connectivity index (χ3n) is 2.55. The van der Waals surface area contributed by atoms with Gasteiger partial charge in [0, 0.05) is 22.2 Å². The van der Waals surface area contributed by atoms with Gasteiger partial charge in [0.05, 0.1) is 0 Å². The van der Waals surface area contributed by atoms with E-state index in [1.807, 2.05) is 24.3 Å². The molecule has 2 aromatic rings. The molecular weight excluding hydrogens is 284 g/mol. The molecule has 4 nitrogen and oxygen atoms in total. The van der Waals surface area contributed by atoms with Crippen molar-refractivity contribution in [3.8, 4) is 0 Å². The van der Waals surface area contributed by atoms with Crippen LogP contribution < -0.4 is 11.2 Å². The second kappa shape index (κ2) is 4.71. The lowest BCUT2D eigenvalue weighted by Crippen LogP contribution is -2.27. The van der Waals surface area contributed by atoms with Crippen molar-refractivity contribution in [3.63, 3.8) is 0 Å². The van der Waals surface area contributed by atoms with Gasteiger partial charge in [-0.05, 0) is 24.6 Å². The molecule has 0 spiro atoms. The number of halogens is 1. The molecule has 0 bridgehead atoms. The van der Waals surface area contributed by atoms with E-state index in [-0.39, 0.29) is 5.56 Å². The highest BCUT2D eigenvalue weighted by molar-refractivity contribution is 9.10. The molecule has 0 aliphatic rings. The number of aromatic nitrogens is 2. The van der Waals surface area contributed by atoms with Crippen LogP contribution in [0.15, 0.2) is 38.3 Å². The van der Waals surface area contributed by atoms with Crippen LogP contribution in [0.1, 0.15) is 16.8 Å². The predicted octanol–water partition coefficient (Wildman–Crippen LogP) is 1.72. The molecule has 0 saturated carbocycles. The van der Waals surface area contributed by atoms with Crippen LogP contribution in [0.5, 0.6) is 0 Å². The van der Waals surface area contributed by atoms with Crippen molar-refractivity contribution in [1.29, 1.82) is 0 Å². The monoisotopic (exact) mass is 294 g/mol. The molecule has 0 radical (unpaired) electrons. The summed E-state index contributed by atoms with van der Waals surface area (Å²) in [7, 11) is 0. The standard InChI is InChI=1S/C12H11BrN2O2/c1-7-10(11(16)15-12(17)14-7)6-8-2-4-9(13)5-3-8/h2-5H,6H2,1H3,(H2,14,15,16,17). The lowest BCUT2D eigenvalue weighted by atomic mass is 10.1. The van der Waals surface area contributed by atoms with E-state index in [1.54, 1.807) is 6.92 Å². The van der Waals surface area contributed by atoms with Gasteiger partial charge in [0.1, 0.15) is 0 Å². The zero-order valence-corrected chi connectivity index (χ0v) is 10.8. The minimum Gasteiger partial charge on any atom is -0.311 e. The molecule has 5 heteroatoms. The third-order valence-corrected chi connectivity index (χ3v) is 3.08. The first-order valence-electron chi connectivity index (χ1n) is 5.13. The van der Waals surface area contributed by atoms with E-state index in [1.165, 1.54) is 0 Å². The summed E-state index contributed by atoms with van der Waals surface area (Å²) < 4.78 is 0.994. The number of hydrogen-bond acceptors (Lipinski definition) is 2. The quantitative estimate of drug-likeness (QED) is 0.886. The summed E-state index contributed by atoms with van der Waals surface area (Å²) in [5.74, 6) is 0. The van der Waals surface area contributed by atoms with Gasteiger partial charge in [-0.1, -0.05) is 28.1 Å². The maximum atomic E-state index is 11.6. The molecule has 0 aliphatic carbocycles. The first-order valence-corrected chi connectivity index (χ1v) is 5.92. The normalized spacial score (nSPS) is 10.5. The molecule has 1 aromatic heterocycles. The summed E-state index contributed by atoms with van der Waals surface area (Å²) >= 11 is 3.35. The minimum atomic E-state index is -0.466. The van der Waals surface area contributed by atoms with Crippen LogP contribution >= 0.6 is 15.9 Å². The van der Waals surface area contributed by atoms with E-state index >= 15 is 0 Å². The average Bonchev–Trinajstić information content (AvgIpc) is 2.26. The van der Waals surface area contributed by atoms with Crippen LogP contribution in [0.3, 0.4) is 0 Å². The van der Waals surface area contributed by atoms with Gasteiger partial charge < -0.3 is 4.98 Å². The number of nitrogens with one attached hydrogen (secondary N) is 2. The first kappa shape index (κ1) is 11.9. The largest absolute Gasteiger partial charge is 0.325 e. The van der Waals surface area contributed by atoms with Crippen molar-refractivity contribution in [3.05, 3.63) is 66.4 Å². The molecule has 17 heavy (non-hydrogen) atoms. The molecule has 0 atom stereocenters. The molecule has 0 saturated heterocycles. The predicted molar refractivity (Wildman–Crippen MR) is 69.4 cm³/mol. The smallest absolute Gasteiger partial charge is 0.311 e. The molecule has 2 N–H and O–H groups in total. The summed E-state index contributed by atoms with van der Waals surface area (Å²) in [4.78, 5) is 27.5. The summed E-state index contributed by atoms with van der Waals surface area (Å²) in [5.41, 5.74) is 1.43. The maximum absolute atomic E-state index is 11.6. The number of aryl methyl sites for hydroxylation is 1. The van der Waals surface area contributed by atoms with Crippen LogP contribution in [-0.4, -0.2) is 9.97 Å². The lowest BCUT2D eigenvalue weighted by molar-refractivity contribution is 0.934. The van der Waals surface area contributed by atoms with Crippen molar-refractivity contribution in [2.75, 3.05) is 0 Å². The fourth-order valence-corrected chi connectivity index (χ4v) is 1.91. The van der Waals surface area contributed by atoms with Gasteiger partial charge in [0.15, 0.2) is 0 Å². The van der Waals surface area contributed by atoms with Gasteiger partial charge in [-0.3, -0.25) is 9.78 Å². The Balaban J connectivity index is 2.40. The molecule has 1 aromatic carbocycles. The van der Waals surface area contributed by atoms with E-state index < -0.39 is 5.69 Å². The number of benzene rings is 1. The summed E-state index contributed by atoms with van der Waals surface area (Å²) in [6.45, 7) is 1.73. The van der Waals surface area contributed by atoms with Crippen LogP contribution in [-0.2, 0) is 6.42 Å². The first-order chi connectivity index (χ1) is 8.06. The Bertz CT molecular complexity index is 641. The highest BCUT2D eigenvalue weighted by Crippen LogP contribution is 2.13. The Morgan fingerprint density at radius 2 is 1.76 bits per heavy atom. The molecule has 2 rings (SSSR count). The fourth-order valence-electron chi connectivity index (χ4n) is 1.65. The lowest BCUT2D eigenvalue weighted by Gasteiger charge is -2.04. The Morgan fingerprint density at radius 1 is 1.12 bits per heavy atom. The van der Waals surface area contributed by atoms with Crippen molar-refractivity contribution >= 4 is 15.9 Å². The maximum Gasteiger partial charge on any atom is 0.325 e. The van der Waals surface area contributed by atoms with Gasteiger partial charge >= 0.3 is 5.69 Å². The topological polar surface area (TPSA) is 65.7 Å². The van der Waals surface area contributed by atoms with Crippen LogP contribution in [0.25, 0.3) is 0 Å². The van der Waals surface area contributed by atoms with Crippen molar-refractivity contribution < 1.29 is 0 Å².